The predicted molar refractivity (Wildman–Crippen MR) is 66.6 cm³/mol. The molecule has 0 bridgehead atoms. The minimum atomic E-state index is -4.46. The molecule has 0 aliphatic heterocycles. The summed E-state index contributed by atoms with van der Waals surface area (Å²) in [5.74, 6) is -1.14. The molecule has 0 heterocycles. The predicted octanol–water partition coefficient (Wildman–Crippen LogP) is 0.641. The Kier molecular flexibility index (Phi) is 5.01. The summed E-state index contributed by atoms with van der Waals surface area (Å²) in [6, 6.07) is -0.282. The van der Waals surface area contributed by atoms with E-state index in [1.165, 1.54) is 7.05 Å². The van der Waals surface area contributed by atoms with Gasteiger partial charge in [-0.3, -0.25) is 9.59 Å². The van der Waals surface area contributed by atoms with Crippen molar-refractivity contribution in [3.05, 3.63) is 0 Å². The van der Waals surface area contributed by atoms with Gasteiger partial charge in [-0.05, 0) is 19.8 Å². The number of carbonyl (C=O) groups excluding carboxylic acids is 2. The average molecular weight is 295 g/mol. The van der Waals surface area contributed by atoms with Crippen LogP contribution in [0.3, 0.4) is 0 Å². The number of hydrogen-bond donors (Lipinski definition) is 2. The van der Waals surface area contributed by atoms with Crippen molar-refractivity contribution in [1.29, 1.82) is 0 Å². The molecule has 8 heteroatoms. The van der Waals surface area contributed by atoms with Gasteiger partial charge in [0.05, 0.1) is 12.0 Å². The van der Waals surface area contributed by atoms with Crippen LogP contribution in [-0.4, -0.2) is 49.1 Å². The van der Waals surface area contributed by atoms with Crippen LogP contribution in [0.25, 0.3) is 0 Å². The van der Waals surface area contributed by atoms with E-state index in [2.05, 4.69) is 0 Å². The van der Waals surface area contributed by atoms with E-state index in [1.807, 2.05) is 0 Å². The highest BCUT2D eigenvalue weighted by Crippen LogP contribution is 2.38. The Hall–Kier alpha value is -1.31. The molecular formula is C12H20F3N3O2. The second kappa shape index (κ2) is 5.99. The minimum Gasteiger partial charge on any atom is -0.345 e. The van der Waals surface area contributed by atoms with Crippen LogP contribution in [0, 0.1) is 5.41 Å². The van der Waals surface area contributed by atoms with Gasteiger partial charge in [0.15, 0.2) is 0 Å². The first-order valence-electron chi connectivity index (χ1n) is 6.41. The molecule has 2 atom stereocenters. The van der Waals surface area contributed by atoms with Crippen LogP contribution >= 0.6 is 0 Å². The Labute approximate surface area is 115 Å². The fraction of sp³-hybridized carbons (Fsp3) is 0.833. The fourth-order valence-electron chi connectivity index (χ4n) is 2.44. The maximum Gasteiger partial charge on any atom is 0.405 e. The van der Waals surface area contributed by atoms with Gasteiger partial charge < -0.3 is 16.0 Å². The summed E-state index contributed by atoms with van der Waals surface area (Å²) in [5.41, 5.74) is 5.16. The van der Waals surface area contributed by atoms with Crippen LogP contribution < -0.4 is 11.1 Å². The van der Waals surface area contributed by atoms with Crippen LogP contribution in [-0.2, 0) is 9.59 Å². The van der Waals surface area contributed by atoms with Crippen LogP contribution in [0.4, 0.5) is 13.2 Å². The number of likely N-dealkylation sites (N-methyl/N-ethyl adjacent to an activating group) is 1. The Morgan fingerprint density at radius 2 is 2.05 bits per heavy atom. The number of nitrogens with one attached hydrogen (secondary N) is 1. The maximum absolute atomic E-state index is 12.3. The number of rotatable bonds is 4. The number of hydrogen-bond acceptors (Lipinski definition) is 3. The molecule has 2 amide bonds. The summed E-state index contributed by atoms with van der Waals surface area (Å²) < 4.78 is 35.9. The highest BCUT2D eigenvalue weighted by molar-refractivity contribution is 5.88. The molecule has 0 aromatic carbocycles. The standard InChI is InChI=1S/C12H20F3N3O2/c1-11(5-3-4-8(11)16)10(20)18(2)6-9(19)17-7-12(13,14)15/h8H,3-7,16H2,1-2H3,(H,17,19). The van der Waals surface area contributed by atoms with Crippen molar-refractivity contribution in [2.24, 2.45) is 11.1 Å². The van der Waals surface area contributed by atoms with Gasteiger partial charge in [-0.15, -0.1) is 0 Å². The molecule has 1 rings (SSSR count). The molecule has 0 aromatic heterocycles. The number of amides is 2. The summed E-state index contributed by atoms with van der Waals surface area (Å²) >= 11 is 0. The van der Waals surface area contributed by atoms with E-state index < -0.39 is 30.6 Å². The third-order valence-corrected chi connectivity index (χ3v) is 3.73. The second-order valence-electron chi connectivity index (χ2n) is 5.47. The van der Waals surface area contributed by atoms with Crippen molar-refractivity contribution < 1.29 is 22.8 Å². The quantitative estimate of drug-likeness (QED) is 0.799. The lowest BCUT2D eigenvalue weighted by molar-refractivity contribution is -0.145. The summed E-state index contributed by atoms with van der Waals surface area (Å²) in [7, 11) is 1.39. The van der Waals surface area contributed by atoms with Gasteiger partial charge in [0.25, 0.3) is 0 Å². The molecule has 3 N–H and O–H groups in total. The van der Waals surface area contributed by atoms with E-state index in [4.69, 9.17) is 5.73 Å². The van der Waals surface area contributed by atoms with Gasteiger partial charge >= 0.3 is 6.18 Å². The van der Waals surface area contributed by atoms with Crippen molar-refractivity contribution in [2.75, 3.05) is 20.1 Å². The third kappa shape index (κ3) is 4.09. The Morgan fingerprint density at radius 3 is 2.50 bits per heavy atom. The third-order valence-electron chi connectivity index (χ3n) is 3.73. The van der Waals surface area contributed by atoms with Gasteiger partial charge in [-0.25, -0.2) is 0 Å². The van der Waals surface area contributed by atoms with E-state index >= 15 is 0 Å². The van der Waals surface area contributed by atoms with Crippen LogP contribution in [0.1, 0.15) is 26.2 Å². The molecular weight excluding hydrogens is 275 g/mol. The summed E-state index contributed by atoms with van der Waals surface area (Å²) in [4.78, 5) is 24.8. The van der Waals surface area contributed by atoms with Crippen molar-refractivity contribution in [3.8, 4) is 0 Å². The van der Waals surface area contributed by atoms with Crippen molar-refractivity contribution in [3.63, 3.8) is 0 Å². The van der Waals surface area contributed by atoms with Gasteiger partial charge in [-0.2, -0.15) is 13.2 Å². The molecule has 1 aliphatic rings. The first-order chi connectivity index (χ1) is 9.06. The van der Waals surface area contributed by atoms with Crippen molar-refractivity contribution >= 4 is 11.8 Å². The van der Waals surface area contributed by atoms with E-state index in [0.29, 0.717) is 6.42 Å². The van der Waals surface area contributed by atoms with E-state index in [1.54, 1.807) is 12.2 Å². The van der Waals surface area contributed by atoms with E-state index in [9.17, 15) is 22.8 Å². The number of nitrogens with two attached hydrogens (primary N) is 1. The zero-order chi connectivity index (χ0) is 15.6. The first-order valence-corrected chi connectivity index (χ1v) is 6.41. The van der Waals surface area contributed by atoms with E-state index in [0.717, 1.165) is 17.7 Å². The zero-order valence-corrected chi connectivity index (χ0v) is 11.6. The Bertz CT molecular complexity index is 387. The van der Waals surface area contributed by atoms with Gasteiger partial charge in [0, 0.05) is 13.1 Å². The molecule has 116 valence electrons. The largest absolute Gasteiger partial charge is 0.405 e. The first kappa shape index (κ1) is 16.7. The second-order valence-corrected chi connectivity index (χ2v) is 5.47. The molecule has 0 aromatic rings. The highest BCUT2D eigenvalue weighted by Gasteiger charge is 2.44. The molecule has 1 fully saturated rings. The molecule has 1 saturated carbocycles. The van der Waals surface area contributed by atoms with Crippen molar-refractivity contribution in [2.45, 2.75) is 38.4 Å². The molecule has 0 spiro atoms. The normalized spacial score (nSPS) is 26.4. The lowest BCUT2D eigenvalue weighted by Gasteiger charge is -2.32. The molecule has 0 radical (unpaired) electrons. The smallest absolute Gasteiger partial charge is 0.345 e. The lowest BCUT2D eigenvalue weighted by Crippen LogP contribution is -2.50. The van der Waals surface area contributed by atoms with Crippen LogP contribution in [0.15, 0.2) is 0 Å². The van der Waals surface area contributed by atoms with Gasteiger partial charge in [0.1, 0.15) is 6.54 Å². The maximum atomic E-state index is 12.3. The zero-order valence-electron chi connectivity index (χ0n) is 11.6. The molecule has 0 saturated heterocycles. The molecule has 2 unspecified atom stereocenters. The Morgan fingerprint density at radius 1 is 1.45 bits per heavy atom. The summed E-state index contributed by atoms with van der Waals surface area (Å²) in [6.07, 6.45) is -2.27. The van der Waals surface area contributed by atoms with Gasteiger partial charge in [0.2, 0.25) is 11.8 Å². The van der Waals surface area contributed by atoms with Crippen LogP contribution in [0.5, 0.6) is 0 Å². The van der Waals surface area contributed by atoms with Gasteiger partial charge in [-0.1, -0.05) is 6.42 Å². The number of nitrogens with zero attached hydrogens (tertiary/aromatic N) is 1. The number of halogens is 3. The fourth-order valence-corrected chi connectivity index (χ4v) is 2.44. The Balaban J connectivity index is 2.52. The lowest BCUT2D eigenvalue weighted by atomic mass is 9.83. The number of carbonyl (C=O) groups is 2. The number of alkyl halides is 3. The highest BCUT2D eigenvalue weighted by atomic mass is 19.4. The van der Waals surface area contributed by atoms with Crippen LogP contribution in [0.2, 0.25) is 0 Å². The van der Waals surface area contributed by atoms with Crippen molar-refractivity contribution in [1.82, 2.24) is 10.2 Å². The average Bonchev–Trinajstić information content (AvgIpc) is 2.66. The topological polar surface area (TPSA) is 75.4 Å². The minimum absolute atomic E-state index is 0.282. The monoisotopic (exact) mass is 295 g/mol. The molecule has 20 heavy (non-hydrogen) atoms. The molecule has 5 nitrogen and oxygen atoms in total. The summed E-state index contributed by atoms with van der Waals surface area (Å²) in [5, 5.41) is 1.73. The molecule has 1 aliphatic carbocycles. The SMILES string of the molecule is CN(CC(=O)NCC(F)(F)F)C(=O)C1(C)CCCC1N. The van der Waals surface area contributed by atoms with E-state index in [-0.39, 0.29) is 11.9 Å². The summed E-state index contributed by atoms with van der Waals surface area (Å²) in [6.45, 7) is -0.0704.